The van der Waals surface area contributed by atoms with Crippen molar-refractivity contribution in [2.24, 2.45) is 10.9 Å². The Bertz CT molecular complexity index is 1190. The van der Waals surface area contributed by atoms with Crippen LogP contribution in [0.25, 0.3) is 0 Å². The summed E-state index contributed by atoms with van der Waals surface area (Å²) in [7, 11) is 0. The summed E-state index contributed by atoms with van der Waals surface area (Å²) < 4.78 is 64.6. The third-order valence-corrected chi connectivity index (χ3v) is 6.94. The third kappa shape index (κ3) is 7.39. The second-order valence-electron chi connectivity index (χ2n) is 8.66. The molecule has 1 amide bonds. The van der Waals surface area contributed by atoms with Gasteiger partial charge in [0.25, 0.3) is 5.91 Å². The van der Waals surface area contributed by atoms with Gasteiger partial charge in [-0.1, -0.05) is 40.9 Å². The molecular weight excluding hydrogens is 562 g/mol. The molecule has 5 nitrogen and oxygen atoms in total. The van der Waals surface area contributed by atoms with E-state index in [-0.39, 0.29) is 40.3 Å². The van der Waals surface area contributed by atoms with E-state index in [2.05, 4.69) is 15.6 Å². The second-order valence-corrected chi connectivity index (χ2v) is 9.85. The molecule has 37 heavy (non-hydrogen) atoms. The number of nitrogens with one attached hydrogen (secondary N) is 2. The molecule has 1 unspecified atom stereocenters. The zero-order valence-electron chi connectivity index (χ0n) is 19.8. The molecule has 1 aliphatic heterocycles. The van der Waals surface area contributed by atoms with Crippen LogP contribution in [0.4, 0.5) is 39.0 Å². The van der Waals surface area contributed by atoms with Gasteiger partial charge in [0.2, 0.25) is 0 Å². The minimum Gasteiger partial charge on any atom is -0.370 e. The number of halogens is 8. The largest absolute Gasteiger partial charge is 0.393 e. The number of alkyl halides is 5. The summed E-state index contributed by atoms with van der Waals surface area (Å²) in [4.78, 5) is 17.2. The maximum absolute atomic E-state index is 13.2. The summed E-state index contributed by atoms with van der Waals surface area (Å²) in [6, 6.07) is 6.31. The average molecular weight is 586 g/mol. The quantitative estimate of drug-likeness (QED) is 0.207. The summed E-state index contributed by atoms with van der Waals surface area (Å²) >= 11 is 19.1. The molecule has 0 aliphatic carbocycles. The number of amidine groups is 1. The van der Waals surface area contributed by atoms with Gasteiger partial charge in [0.1, 0.15) is 11.5 Å². The first-order valence-electron chi connectivity index (χ1n) is 11.2. The molecule has 0 bridgehead atoms. The molecule has 0 aromatic heterocycles. The number of amides is 1. The molecule has 1 heterocycles. The number of carbonyl (C=O) groups excluding carboxylic acids is 1. The maximum atomic E-state index is 13.2. The van der Waals surface area contributed by atoms with Crippen molar-refractivity contribution in [1.29, 1.82) is 0 Å². The lowest BCUT2D eigenvalue weighted by molar-refractivity contribution is -0.176. The Kier molecular flexibility index (Phi) is 9.52. The molecule has 202 valence electrons. The molecule has 0 radical (unpaired) electrons. The summed E-state index contributed by atoms with van der Waals surface area (Å²) in [6.07, 6.45) is -6.91. The Labute approximate surface area is 226 Å². The van der Waals surface area contributed by atoms with Crippen LogP contribution in [0.15, 0.2) is 29.3 Å². The fourth-order valence-corrected chi connectivity index (χ4v) is 4.78. The van der Waals surface area contributed by atoms with Gasteiger partial charge >= 0.3 is 12.6 Å². The summed E-state index contributed by atoms with van der Waals surface area (Å²) in [5.41, 5.74) is 2.34. The van der Waals surface area contributed by atoms with Crippen LogP contribution in [0.3, 0.4) is 0 Å². The van der Waals surface area contributed by atoms with Crippen molar-refractivity contribution in [1.82, 2.24) is 5.32 Å². The number of aryl methyl sites for hydroxylation is 1. The van der Waals surface area contributed by atoms with Gasteiger partial charge in [-0.25, -0.2) is 4.99 Å². The molecule has 2 aromatic rings. The van der Waals surface area contributed by atoms with E-state index in [0.717, 1.165) is 5.56 Å². The molecular formula is C24H24Cl3F5N4O. The Morgan fingerprint density at radius 1 is 1.19 bits per heavy atom. The first-order chi connectivity index (χ1) is 17.3. The Balaban J connectivity index is 1.80. The van der Waals surface area contributed by atoms with Crippen LogP contribution in [0.1, 0.15) is 30.9 Å². The molecule has 0 spiro atoms. The van der Waals surface area contributed by atoms with Gasteiger partial charge in [0, 0.05) is 25.3 Å². The molecule has 13 heteroatoms. The van der Waals surface area contributed by atoms with Crippen LogP contribution in [0.5, 0.6) is 0 Å². The maximum Gasteiger partial charge on any atom is 0.393 e. The second kappa shape index (κ2) is 12.0. The number of benzene rings is 2. The summed E-state index contributed by atoms with van der Waals surface area (Å²) in [6.45, 7) is 3.51. The molecule has 2 aromatic carbocycles. The van der Waals surface area contributed by atoms with Crippen LogP contribution >= 0.6 is 34.8 Å². The molecule has 1 aliphatic rings. The highest BCUT2D eigenvalue weighted by Gasteiger charge is 2.42. The fraction of sp³-hybridized carbons (Fsp3) is 0.417. The van der Waals surface area contributed by atoms with E-state index < -0.39 is 24.4 Å². The van der Waals surface area contributed by atoms with Crippen molar-refractivity contribution in [3.8, 4) is 0 Å². The minimum atomic E-state index is -4.26. The lowest BCUT2D eigenvalue weighted by Gasteiger charge is -2.36. The first kappa shape index (κ1) is 29.3. The van der Waals surface area contributed by atoms with Gasteiger partial charge in [-0.15, -0.1) is 0 Å². The van der Waals surface area contributed by atoms with E-state index in [4.69, 9.17) is 34.8 Å². The molecule has 2 N–H and O–H groups in total. The molecule has 0 saturated carbocycles. The van der Waals surface area contributed by atoms with E-state index in [1.807, 2.05) is 0 Å². The van der Waals surface area contributed by atoms with Crippen molar-refractivity contribution >= 4 is 63.6 Å². The van der Waals surface area contributed by atoms with Crippen molar-refractivity contribution in [2.45, 2.75) is 45.8 Å². The van der Waals surface area contributed by atoms with Crippen LogP contribution in [-0.2, 0) is 11.3 Å². The highest BCUT2D eigenvalue weighted by molar-refractivity contribution is 6.39. The van der Waals surface area contributed by atoms with Gasteiger partial charge in [-0.3, -0.25) is 4.79 Å². The van der Waals surface area contributed by atoms with Gasteiger partial charge in [0.15, 0.2) is 0 Å². The standard InChI is InChI=1S/C24H24Cl3F5N4O/c1-12-8-19(36-7-3-4-15(11-36)24(30,31)32)17(26)9-18(12)34-13(2)35-21-16(25)6-5-14(20(21)27)10-33-23(37)22(28)29/h5-6,8-9,15,22H,3-4,7,10-11H2,1-2H3,(H,33,37)(H,34,35). The predicted octanol–water partition coefficient (Wildman–Crippen LogP) is 7.78. The van der Waals surface area contributed by atoms with Crippen LogP contribution in [0.2, 0.25) is 15.1 Å². The van der Waals surface area contributed by atoms with E-state index in [0.29, 0.717) is 35.7 Å². The normalized spacial score (nSPS) is 16.8. The highest BCUT2D eigenvalue weighted by atomic mass is 35.5. The van der Waals surface area contributed by atoms with Crippen molar-refractivity contribution in [3.05, 3.63) is 50.5 Å². The van der Waals surface area contributed by atoms with E-state index >= 15 is 0 Å². The predicted molar refractivity (Wildman–Crippen MR) is 138 cm³/mol. The van der Waals surface area contributed by atoms with Crippen molar-refractivity contribution < 1.29 is 26.7 Å². The SMILES string of the molecule is CC(=Nc1c(Cl)ccc(CNC(=O)C(F)F)c1Cl)Nc1cc(Cl)c(N2CCCC(C(F)(F)F)C2)cc1C. The molecule has 1 atom stereocenters. The molecule has 1 saturated heterocycles. The monoisotopic (exact) mass is 584 g/mol. The summed E-state index contributed by atoms with van der Waals surface area (Å²) in [5, 5.41) is 5.73. The van der Waals surface area contributed by atoms with Gasteiger partial charge in [0.05, 0.1) is 26.7 Å². The zero-order chi connectivity index (χ0) is 27.5. The number of piperidine rings is 1. The smallest absolute Gasteiger partial charge is 0.370 e. The Hall–Kier alpha value is -2.30. The number of aliphatic imine (C=N–C) groups is 1. The van der Waals surface area contributed by atoms with Gasteiger partial charge in [-0.05, 0) is 56.0 Å². The lowest BCUT2D eigenvalue weighted by Crippen LogP contribution is -2.41. The topological polar surface area (TPSA) is 56.7 Å². The number of hydrogen-bond donors (Lipinski definition) is 2. The highest BCUT2D eigenvalue weighted by Crippen LogP contribution is 2.39. The van der Waals surface area contributed by atoms with E-state index in [1.165, 1.54) is 12.1 Å². The van der Waals surface area contributed by atoms with Gasteiger partial charge < -0.3 is 15.5 Å². The van der Waals surface area contributed by atoms with Crippen molar-refractivity contribution in [2.75, 3.05) is 23.3 Å². The summed E-state index contributed by atoms with van der Waals surface area (Å²) in [5.74, 6) is -2.47. The number of rotatable bonds is 6. The fourth-order valence-electron chi connectivity index (χ4n) is 3.98. The zero-order valence-corrected chi connectivity index (χ0v) is 22.1. The number of anilines is 2. The van der Waals surface area contributed by atoms with Crippen molar-refractivity contribution in [3.63, 3.8) is 0 Å². The number of nitrogens with zero attached hydrogens (tertiary/aromatic N) is 2. The number of carbonyl (C=O) groups is 1. The molecule has 3 rings (SSSR count). The average Bonchev–Trinajstić information content (AvgIpc) is 2.82. The molecule has 1 fully saturated rings. The van der Waals surface area contributed by atoms with E-state index in [9.17, 15) is 26.7 Å². The first-order valence-corrected chi connectivity index (χ1v) is 12.4. The van der Waals surface area contributed by atoms with E-state index in [1.54, 1.807) is 30.9 Å². The Morgan fingerprint density at radius 3 is 2.54 bits per heavy atom. The van der Waals surface area contributed by atoms with Gasteiger partial charge in [-0.2, -0.15) is 22.0 Å². The lowest BCUT2D eigenvalue weighted by atomic mass is 9.96. The van der Waals surface area contributed by atoms with Crippen LogP contribution < -0.4 is 15.5 Å². The van der Waals surface area contributed by atoms with Crippen LogP contribution in [-0.4, -0.2) is 37.4 Å². The Morgan fingerprint density at radius 2 is 1.89 bits per heavy atom. The third-order valence-electron chi connectivity index (χ3n) is 5.91. The van der Waals surface area contributed by atoms with Crippen LogP contribution in [0, 0.1) is 12.8 Å². The number of hydrogen-bond acceptors (Lipinski definition) is 3. The minimum absolute atomic E-state index is 0.0811.